The van der Waals surface area contributed by atoms with E-state index in [1.54, 1.807) is 6.92 Å². The third-order valence-electron chi connectivity index (χ3n) is 4.91. The number of anilines is 3. The molecule has 0 saturated carbocycles. The van der Waals surface area contributed by atoms with Gasteiger partial charge in [0, 0.05) is 23.4 Å². The maximum Gasteiger partial charge on any atom is 0.573 e. The van der Waals surface area contributed by atoms with Crippen LogP contribution in [0.2, 0.25) is 0 Å². The normalized spacial score (nSPS) is 12.9. The lowest BCUT2D eigenvalue weighted by Crippen LogP contribution is -2.17. The van der Waals surface area contributed by atoms with Crippen LogP contribution in [-0.4, -0.2) is 22.4 Å². The van der Waals surface area contributed by atoms with Crippen molar-refractivity contribution in [3.8, 4) is 17.0 Å². The van der Waals surface area contributed by atoms with Crippen LogP contribution in [0, 0.1) is 6.92 Å². The molecule has 0 aliphatic carbocycles. The maximum absolute atomic E-state index is 13.2. The Hall–Kier alpha value is -3.50. The van der Waals surface area contributed by atoms with Gasteiger partial charge >= 0.3 is 12.5 Å². The highest BCUT2D eigenvalue weighted by Crippen LogP contribution is 2.34. The molecule has 1 atom stereocenters. The number of aryl methyl sites for hydroxylation is 1. The van der Waals surface area contributed by atoms with Gasteiger partial charge in [-0.25, -0.2) is 4.98 Å². The highest BCUT2D eigenvalue weighted by molar-refractivity contribution is 5.69. The molecule has 0 spiro atoms. The van der Waals surface area contributed by atoms with Crippen LogP contribution >= 0.6 is 0 Å². The van der Waals surface area contributed by atoms with Gasteiger partial charge in [0.1, 0.15) is 11.6 Å². The minimum atomic E-state index is -4.86. The van der Waals surface area contributed by atoms with E-state index in [2.05, 4.69) is 25.3 Å². The van der Waals surface area contributed by atoms with Crippen molar-refractivity contribution in [1.29, 1.82) is 0 Å². The molecular weight excluding hydrogens is 462 g/mol. The van der Waals surface area contributed by atoms with Crippen LogP contribution in [-0.2, 0) is 6.18 Å². The summed E-state index contributed by atoms with van der Waals surface area (Å²) in [4.78, 5) is 8.70. The molecule has 34 heavy (non-hydrogen) atoms. The lowest BCUT2D eigenvalue weighted by Gasteiger charge is -2.17. The number of aromatic nitrogens is 2. The smallest absolute Gasteiger partial charge is 0.406 e. The van der Waals surface area contributed by atoms with E-state index in [0.29, 0.717) is 11.1 Å². The van der Waals surface area contributed by atoms with Crippen LogP contribution < -0.4 is 15.4 Å². The summed E-state index contributed by atoms with van der Waals surface area (Å²) in [6.07, 6.45) is -8.65. The second-order valence-electron chi connectivity index (χ2n) is 7.64. The number of alkyl halides is 6. The van der Waals surface area contributed by atoms with Crippen molar-refractivity contribution in [2.24, 2.45) is 0 Å². The quantitative estimate of drug-likeness (QED) is 0.344. The van der Waals surface area contributed by atoms with Crippen LogP contribution in [0.4, 0.5) is 43.8 Å². The van der Waals surface area contributed by atoms with Crippen molar-refractivity contribution in [1.82, 2.24) is 9.97 Å². The number of hydrogen-bond acceptors (Lipinski definition) is 5. The van der Waals surface area contributed by atoms with Crippen molar-refractivity contribution < 1.29 is 31.1 Å². The van der Waals surface area contributed by atoms with E-state index in [-0.39, 0.29) is 29.2 Å². The minimum absolute atomic E-state index is 0.0294. The number of benzene rings is 2. The molecule has 0 aliphatic heterocycles. The average Bonchev–Trinajstić information content (AvgIpc) is 2.73. The van der Waals surface area contributed by atoms with E-state index in [1.807, 2.05) is 13.8 Å². The van der Waals surface area contributed by atoms with Gasteiger partial charge < -0.3 is 15.4 Å². The maximum atomic E-state index is 13.2. The Bertz CT molecular complexity index is 1150. The van der Waals surface area contributed by atoms with Crippen molar-refractivity contribution in [2.45, 2.75) is 45.8 Å². The van der Waals surface area contributed by atoms with Crippen molar-refractivity contribution in [3.05, 3.63) is 59.7 Å². The van der Waals surface area contributed by atoms with E-state index in [1.165, 1.54) is 30.3 Å². The molecular formula is C23H22F6N4O. The molecule has 1 heterocycles. The molecule has 3 aromatic rings. The zero-order valence-corrected chi connectivity index (χ0v) is 18.5. The van der Waals surface area contributed by atoms with Gasteiger partial charge in [-0.3, -0.25) is 0 Å². The van der Waals surface area contributed by atoms with Gasteiger partial charge in [-0.2, -0.15) is 18.2 Å². The number of hydrogen-bond donors (Lipinski definition) is 2. The molecule has 0 fully saturated rings. The van der Waals surface area contributed by atoms with Gasteiger partial charge in [-0.15, -0.1) is 13.2 Å². The summed E-state index contributed by atoms with van der Waals surface area (Å²) < 4.78 is 81.4. The minimum Gasteiger partial charge on any atom is -0.406 e. The molecule has 0 aliphatic rings. The third kappa shape index (κ3) is 6.75. The number of ether oxygens (including phenoxy) is 1. The molecule has 0 unspecified atom stereocenters. The Morgan fingerprint density at radius 1 is 0.971 bits per heavy atom. The first-order valence-electron chi connectivity index (χ1n) is 10.3. The monoisotopic (exact) mass is 484 g/mol. The van der Waals surface area contributed by atoms with Crippen molar-refractivity contribution in [2.75, 3.05) is 10.6 Å². The molecule has 2 aromatic carbocycles. The van der Waals surface area contributed by atoms with Crippen LogP contribution in [0.3, 0.4) is 0 Å². The summed E-state index contributed by atoms with van der Waals surface area (Å²) in [5.41, 5.74) is 0.457. The summed E-state index contributed by atoms with van der Waals surface area (Å²) in [6, 6.07) is 9.94. The fourth-order valence-electron chi connectivity index (χ4n) is 2.97. The Kier molecular flexibility index (Phi) is 7.23. The predicted octanol–water partition coefficient (Wildman–Crippen LogP) is 7.32. The van der Waals surface area contributed by atoms with Gasteiger partial charge in [-0.1, -0.05) is 25.1 Å². The lowest BCUT2D eigenvalue weighted by molar-refractivity contribution is -0.274. The van der Waals surface area contributed by atoms with Gasteiger partial charge in [-0.05, 0) is 50.1 Å². The molecule has 0 amide bonds. The first kappa shape index (κ1) is 25.1. The Balaban J connectivity index is 2.03. The highest BCUT2D eigenvalue weighted by atomic mass is 19.4. The second-order valence-corrected chi connectivity index (χ2v) is 7.64. The number of nitrogens with one attached hydrogen (secondary N) is 2. The second kappa shape index (κ2) is 9.78. The molecule has 0 bridgehead atoms. The summed E-state index contributed by atoms with van der Waals surface area (Å²) in [7, 11) is 0. The number of rotatable bonds is 7. The largest absolute Gasteiger partial charge is 0.573 e. The highest BCUT2D eigenvalue weighted by Gasteiger charge is 2.32. The topological polar surface area (TPSA) is 59.1 Å². The molecule has 182 valence electrons. The fourth-order valence-corrected chi connectivity index (χ4v) is 2.97. The molecule has 0 saturated heterocycles. The SMILES string of the molecule is CC[C@@H](C)Nc1nc(Nc2cc(C(F)(F)F)ccc2C)cc(-c2cccc(OC(F)(F)F)c2)n1. The summed E-state index contributed by atoms with van der Waals surface area (Å²) in [6.45, 7) is 5.46. The zero-order chi connectivity index (χ0) is 25.1. The Morgan fingerprint density at radius 2 is 1.71 bits per heavy atom. The van der Waals surface area contributed by atoms with Crippen LogP contribution in [0.1, 0.15) is 31.4 Å². The van der Waals surface area contributed by atoms with Gasteiger partial charge in [0.05, 0.1) is 11.3 Å². The first-order valence-corrected chi connectivity index (χ1v) is 10.3. The summed E-state index contributed by atoms with van der Waals surface area (Å²) >= 11 is 0. The zero-order valence-electron chi connectivity index (χ0n) is 18.5. The Morgan fingerprint density at radius 3 is 2.35 bits per heavy atom. The van der Waals surface area contributed by atoms with Crippen molar-refractivity contribution >= 4 is 17.5 Å². The number of nitrogens with zero attached hydrogens (tertiary/aromatic N) is 2. The van der Waals surface area contributed by atoms with Crippen LogP contribution in [0.5, 0.6) is 5.75 Å². The van der Waals surface area contributed by atoms with Gasteiger partial charge in [0.2, 0.25) is 5.95 Å². The van der Waals surface area contributed by atoms with E-state index < -0.39 is 23.9 Å². The summed E-state index contributed by atoms with van der Waals surface area (Å²) in [5, 5.41) is 5.95. The summed E-state index contributed by atoms with van der Waals surface area (Å²) in [5.74, 6) is -0.0928. The van der Waals surface area contributed by atoms with E-state index in [0.717, 1.165) is 24.6 Å². The molecule has 3 rings (SSSR count). The Labute approximate surface area is 192 Å². The van der Waals surface area contributed by atoms with Gasteiger partial charge in [0.15, 0.2) is 0 Å². The van der Waals surface area contributed by atoms with E-state index in [4.69, 9.17) is 0 Å². The molecule has 5 nitrogen and oxygen atoms in total. The first-order chi connectivity index (χ1) is 15.8. The van der Waals surface area contributed by atoms with Crippen LogP contribution in [0.15, 0.2) is 48.5 Å². The van der Waals surface area contributed by atoms with E-state index in [9.17, 15) is 26.3 Å². The predicted molar refractivity (Wildman–Crippen MR) is 117 cm³/mol. The van der Waals surface area contributed by atoms with E-state index >= 15 is 0 Å². The fraction of sp³-hybridized carbons (Fsp3) is 0.304. The van der Waals surface area contributed by atoms with Crippen LogP contribution in [0.25, 0.3) is 11.3 Å². The standard InChI is InChI=1S/C23H22F6N4O/c1-4-14(3)30-21-32-19(15-6-5-7-17(10-15)34-23(27,28)29)12-20(33-21)31-18-11-16(22(24,25)26)9-8-13(18)2/h5-12,14H,4H2,1-3H3,(H2,30,31,32,33)/t14-/m1/s1. The molecule has 11 heteroatoms. The van der Waals surface area contributed by atoms with Crippen molar-refractivity contribution in [3.63, 3.8) is 0 Å². The average molecular weight is 484 g/mol. The third-order valence-corrected chi connectivity index (χ3v) is 4.91. The van der Waals surface area contributed by atoms with Gasteiger partial charge in [0.25, 0.3) is 0 Å². The molecule has 1 aromatic heterocycles. The molecule has 2 N–H and O–H groups in total. The number of halogens is 6. The molecule has 0 radical (unpaired) electrons. The lowest BCUT2D eigenvalue weighted by atomic mass is 10.1.